The highest BCUT2D eigenvalue weighted by Crippen LogP contribution is 2.23. The smallest absolute Gasteiger partial charge is 0.303 e. The zero-order valence-corrected chi connectivity index (χ0v) is 19.0. The second kappa shape index (κ2) is 13.1. The molecule has 0 aromatic rings. The molecule has 15 nitrogen and oxygen atoms in total. The summed E-state index contributed by atoms with van der Waals surface area (Å²) in [5.41, 5.74) is 5.16. The molecule has 0 radical (unpaired) electrons. The lowest BCUT2D eigenvalue weighted by Gasteiger charge is -2.43. The summed E-state index contributed by atoms with van der Waals surface area (Å²) in [6.45, 7) is 3.06. The Labute approximate surface area is 195 Å². The van der Waals surface area contributed by atoms with Crippen molar-refractivity contribution in [1.29, 1.82) is 0 Å². The SMILES string of the molecule is CC(=O)N[C@H]1C(O)O[C@H](CO)[C@@H](O)[C@@H]1O[C@H](C)C(=O)NC(C)C(=O)N[C@H](CCC(=O)O)C(N)=O. The molecule has 1 aliphatic heterocycles. The first-order chi connectivity index (χ1) is 15.8. The summed E-state index contributed by atoms with van der Waals surface area (Å²) in [5.74, 6) is -4.34. The Balaban J connectivity index is 2.80. The van der Waals surface area contributed by atoms with Crippen molar-refractivity contribution >= 4 is 29.6 Å². The van der Waals surface area contributed by atoms with Gasteiger partial charge in [-0.1, -0.05) is 0 Å². The Morgan fingerprint density at radius 1 is 1.09 bits per heavy atom. The number of nitrogens with two attached hydrogens (primary N) is 1. The van der Waals surface area contributed by atoms with Crippen LogP contribution >= 0.6 is 0 Å². The lowest BCUT2D eigenvalue weighted by atomic mass is 9.96. The fourth-order valence-corrected chi connectivity index (χ4v) is 3.18. The highest BCUT2D eigenvalue weighted by Gasteiger charge is 2.47. The summed E-state index contributed by atoms with van der Waals surface area (Å²) in [4.78, 5) is 58.4. The molecule has 1 rings (SSSR count). The quantitative estimate of drug-likeness (QED) is 0.129. The molecule has 15 heteroatoms. The predicted octanol–water partition coefficient (Wildman–Crippen LogP) is -4.33. The molecule has 34 heavy (non-hydrogen) atoms. The molecule has 2 unspecified atom stereocenters. The highest BCUT2D eigenvalue weighted by atomic mass is 16.6. The van der Waals surface area contributed by atoms with Crippen LogP contribution in [0, 0.1) is 0 Å². The summed E-state index contributed by atoms with van der Waals surface area (Å²) in [5, 5.41) is 45.5. The molecule has 1 saturated heterocycles. The van der Waals surface area contributed by atoms with E-state index in [1.165, 1.54) is 13.8 Å². The van der Waals surface area contributed by atoms with E-state index in [4.69, 9.17) is 20.3 Å². The number of hydrogen-bond donors (Lipinski definition) is 8. The van der Waals surface area contributed by atoms with Crippen molar-refractivity contribution in [2.75, 3.05) is 6.61 Å². The van der Waals surface area contributed by atoms with Crippen LogP contribution in [0.15, 0.2) is 0 Å². The largest absolute Gasteiger partial charge is 0.481 e. The number of ether oxygens (including phenoxy) is 2. The van der Waals surface area contributed by atoms with E-state index in [2.05, 4.69) is 16.0 Å². The van der Waals surface area contributed by atoms with E-state index in [-0.39, 0.29) is 6.42 Å². The van der Waals surface area contributed by atoms with Gasteiger partial charge in [0.2, 0.25) is 23.6 Å². The Morgan fingerprint density at radius 2 is 1.71 bits per heavy atom. The Morgan fingerprint density at radius 3 is 2.21 bits per heavy atom. The standard InChI is InChI=1S/C19H32N4O11/c1-7(17(30)23-10(16(20)29)4-5-12(26)27)21-18(31)8(2)33-15-13(22-9(3)25)19(32)34-11(6-24)14(15)28/h7-8,10-11,13-15,19,24,28,32H,4-6H2,1-3H3,(H2,20,29)(H,21,31)(H,22,25)(H,23,30)(H,26,27)/t7?,8-,10-,11-,13-,14-,15-,19?/m1/s1. The topological polar surface area (TPSA) is 247 Å². The number of aliphatic carboxylic acids is 1. The van der Waals surface area contributed by atoms with Gasteiger partial charge in [-0.3, -0.25) is 24.0 Å². The van der Waals surface area contributed by atoms with Gasteiger partial charge in [0.15, 0.2) is 6.29 Å². The van der Waals surface area contributed by atoms with Gasteiger partial charge in [0.25, 0.3) is 0 Å². The molecule has 0 saturated carbocycles. The molecule has 1 heterocycles. The summed E-state index contributed by atoms with van der Waals surface area (Å²) < 4.78 is 10.6. The molecule has 8 atom stereocenters. The van der Waals surface area contributed by atoms with Gasteiger partial charge in [-0.2, -0.15) is 0 Å². The molecule has 4 amide bonds. The molecular weight excluding hydrogens is 460 g/mol. The van der Waals surface area contributed by atoms with Crippen molar-refractivity contribution in [3.8, 4) is 0 Å². The number of amides is 4. The summed E-state index contributed by atoms with van der Waals surface area (Å²) in [6.07, 6.45) is -7.74. The fourth-order valence-electron chi connectivity index (χ4n) is 3.18. The monoisotopic (exact) mass is 492 g/mol. The molecule has 0 bridgehead atoms. The molecule has 9 N–H and O–H groups in total. The minimum atomic E-state index is -1.65. The second-order valence-electron chi connectivity index (χ2n) is 7.83. The fraction of sp³-hybridized carbons (Fsp3) is 0.737. The number of hydrogen-bond acceptors (Lipinski definition) is 10. The first-order valence-corrected chi connectivity index (χ1v) is 10.4. The highest BCUT2D eigenvalue weighted by molar-refractivity contribution is 5.92. The lowest BCUT2D eigenvalue weighted by molar-refractivity contribution is -0.266. The molecule has 0 aromatic carbocycles. The van der Waals surface area contributed by atoms with E-state index in [0.29, 0.717) is 0 Å². The van der Waals surface area contributed by atoms with Crippen LogP contribution in [-0.4, -0.2) is 105 Å². The summed E-state index contributed by atoms with van der Waals surface area (Å²) >= 11 is 0. The number of carbonyl (C=O) groups is 5. The number of carbonyl (C=O) groups excluding carboxylic acids is 4. The van der Waals surface area contributed by atoms with Crippen LogP contribution in [0.1, 0.15) is 33.6 Å². The van der Waals surface area contributed by atoms with E-state index in [1.807, 2.05) is 0 Å². The van der Waals surface area contributed by atoms with E-state index in [9.17, 15) is 39.3 Å². The summed E-state index contributed by atoms with van der Waals surface area (Å²) in [7, 11) is 0. The molecule has 194 valence electrons. The molecule has 0 aliphatic carbocycles. The number of carboxylic acid groups (broad SMARTS) is 1. The molecule has 0 spiro atoms. The average molecular weight is 492 g/mol. The van der Waals surface area contributed by atoms with Gasteiger partial charge in [0.05, 0.1) is 6.61 Å². The maximum Gasteiger partial charge on any atom is 0.303 e. The zero-order chi connectivity index (χ0) is 26.2. The van der Waals surface area contributed by atoms with Gasteiger partial charge in [-0.15, -0.1) is 0 Å². The van der Waals surface area contributed by atoms with Crippen LogP contribution < -0.4 is 21.7 Å². The maximum absolute atomic E-state index is 12.5. The Bertz CT molecular complexity index is 765. The lowest BCUT2D eigenvalue weighted by Crippen LogP contribution is -2.65. The third kappa shape index (κ3) is 8.49. The van der Waals surface area contributed by atoms with Crippen LogP contribution in [0.4, 0.5) is 0 Å². The first kappa shape index (κ1) is 29.2. The normalized spacial score (nSPS) is 27.1. The van der Waals surface area contributed by atoms with Crippen LogP contribution in [0.25, 0.3) is 0 Å². The molecule has 1 aliphatic rings. The van der Waals surface area contributed by atoms with Gasteiger partial charge < -0.3 is 51.6 Å². The van der Waals surface area contributed by atoms with Crippen molar-refractivity contribution in [3.63, 3.8) is 0 Å². The van der Waals surface area contributed by atoms with Crippen molar-refractivity contribution in [1.82, 2.24) is 16.0 Å². The maximum atomic E-state index is 12.5. The molecule has 0 aromatic heterocycles. The van der Waals surface area contributed by atoms with Crippen molar-refractivity contribution in [3.05, 3.63) is 0 Å². The van der Waals surface area contributed by atoms with E-state index >= 15 is 0 Å². The second-order valence-corrected chi connectivity index (χ2v) is 7.83. The zero-order valence-electron chi connectivity index (χ0n) is 19.0. The van der Waals surface area contributed by atoms with Gasteiger partial charge in [0.1, 0.15) is 42.5 Å². The molecular formula is C19H32N4O11. The number of aliphatic hydroxyl groups excluding tert-OH is 3. The van der Waals surface area contributed by atoms with Gasteiger partial charge in [0, 0.05) is 13.3 Å². The predicted molar refractivity (Wildman–Crippen MR) is 112 cm³/mol. The van der Waals surface area contributed by atoms with Crippen LogP contribution in [0.3, 0.4) is 0 Å². The minimum absolute atomic E-state index is 0.239. The average Bonchev–Trinajstić information content (AvgIpc) is 2.74. The van der Waals surface area contributed by atoms with Crippen LogP contribution in [-0.2, 0) is 33.4 Å². The first-order valence-electron chi connectivity index (χ1n) is 10.4. The van der Waals surface area contributed by atoms with Crippen molar-refractivity contribution in [2.45, 2.75) is 82.4 Å². The van der Waals surface area contributed by atoms with Gasteiger partial charge >= 0.3 is 5.97 Å². The van der Waals surface area contributed by atoms with Crippen LogP contribution in [0.5, 0.6) is 0 Å². The van der Waals surface area contributed by atoms with Gasteiger partial charge in [-0.25, -0.2) is 0 Å². The van der Waals surface area contributed by atoms with E-state index in [1.54, 1.807) is 0 Å². The Hall–Kier alpha value is -2.85. The molecule has 1 fully saturated rings. The van der Waals surface area contributed by atoms with E-state index < -0.39 is 91.5 Å². The van der Waals surface area contributed by atoms with Gasteiger partial charge in [-0.05, 0) is 20.3 Å². The number of rotatable bonds is 12. The van der Waals surface area contributed by atoms with Crippen LogP contribution in [0.2, 0.25) is 0 Å². The Kier molecular flexibility index (Phi) is 11.3. The number of nitrogens with one attached hydrogen (secondary N) is 3. The third-order valence-electron chi connectivity index (χ3n) is 5.03. The summed E-state index contributed by atoms with van der Waals surface area (Å²) in [6, 6.07) is -3.71. The number of aliphatic hydroxyl groups is 3. The number of carboxylic acids is 1. The van der Waals surface area contributed by atoms with Crippen molar-refractivity contribution in [2.24, 2.45) is 5.73 Å². The van der Waals surface area contributed by atoms with E-state index in [0.717, 1.165) is 6.92 Å². The minimum Gasteiger partial charge on any atom is -0.481 e. The third-order valence-corrected chi connectivity index (χ3v) is 5.03. The number of primary amides is 1. The van der Waals surface area contributed by atoms with Crippen molar-refractivity contribution < 1.29 is 53.9 Å².